The van der Waals surface area contributed by atoms with Crippen LogP contribution in [0.4, 0.5) is 0 Å². The molecule has 1 amide bonds. The molecule has 0 radical (unpaired) electrons. The summed E-state index contributed by atoms with van der Waals surface area (Å²) >= 11 is 6.37. The summed E-state index contributed by atoms with van der Waals surface area (Å²) in [4.78, 5) is 20.4. The lowest BCUT2D eigenvalue weighted by Crippen LogP contribution is -2.31. The van der Waals surface area contributed by atoms with E-state index < -0.39 is 5.91 Å². The van der Waals surface area contributed by atoms with Gasteiger partial charge in [-0.1, -0.05) is 28.9 Å². The first kappa shape index (κ1) is 15.6. The second-order valence-corrected chi connectivity index (χ2v) is 5.51. The zero-order valence-corrected chi connectivity index (χ0v) is 13.4. The fourth-order valence-corrected chi connectivity index (χ4v) is 2.44. The highest BCUT2D eigenvalue weighted by Gasteiger charge is 2.21. The number of aromatic nitrogens is 3. The van der Waals surface area contributed by atoms with Crippen molar-refractivity contribution in [3.63, 3.8) is 0 Å². The molecule has 2 aromatic heterocycles. The number of ether oxygens (including phenoxy) is 1. The number of methoxy groups -OCH3 is 1. The van der Waals surface area contributed by atoms with Crippen molar-refractivity contribution in [1.82, 2.24) is 20.4 Å². The molecule has 0 saturated heterocycles. The molecule has 1 aliphatic rings. The van der Waals surface area contributed by atoms with Gasteiger partial charge in [-0.2, -0.15) is 4.98 Å². The predicted molar refractivity (Wildman–Crippen MR) is 84.1 cm³/mol. The summed E-state index contributed by atoms with van der Waals surface area (Å²) < 4.78 is 10.1. The summed E-state index contributed by atoms with van der Waals surface area (Å²) in [6.45, 7) is 2.18. The minimum absolute atomic E-state index is 0.108. The number of pyridine rings is 1. The molecule has 1 N–H and O–H groups in total. The van der Waals surface area contributed by atoms with Gasteiger partial charge in [0.1, 0.15) is 0 Å². The number of carbonyl (C=O) groups excluding carboxylic acids is 1. The summed E-state index contributed by atoms with van der Waals surface area (Å²) in [6.07, 6.45) is 6.14. The van der Waals surface area contributed by atoms with Gasteiger partial charge < -0.3 is 14.6 Å². The van der Waals surface area contributed by atoms with E-state index >= 15 is 0 Å². The molecule has 0 aliphatic heterocycles. The highest BCUT2D eigenvalue weighted by Crippen LogP contribution is 2.33. The number of hydrogen-bond acceptors (Lipinski definition) is 6. The van der Waals surface area contributed by atoms with Crippen molar-refractivity contribution >= 4 is 23.6 Å². The molecule has 1 atom stereocenters. The van der Waals surface area contributed by atoms with Gasteiger partial charge in [-0.25, -0.2) is 0 Å². The number of hydrogen-bond donors (Lipinski definition) is 1. The number of halogens is 1. The second-order valence-electron chi connectivity index (χ2n) is 5.13. The molecular formula is C15H15ClN4O3. The van der Waals surface area contributed by atoms with E-state index in [1.54, 1.807) is 13.3 Å². The van der Waals surface area contributed by atoms with Gasteiger partial charge in [0.25, 0.3) is 0 Å². The van der Waals surface area contributed by atoms with Crippen molar-refractivity contribution in [2.24, 2.45) is 0 Å². The molecule has 1 aliphatic carbocycles. The Morgan fingerprint density at radius 2 is 2.39 bits per heavy atom. The number of nitrogens with zero attached hydrogens (tertiary/aromatic N) is 3. The Morgan fingerprint density at radius 3 is 3.17 bits per heavy atom. The van der Waals surface area contributed by atoms with E-state index in [2.05, 4.69) is 20.4 Å². The van der Waals surface area contributed by atoms with E-state index in [-0.39, 0.29) is 17.8 Å². The van der Waals surface area contributed by atoms with Crippen molar-refractivity contribution in [1.29, 1.82) is 0 Å². The summed E-state index contributed by atoms with van der Waals surface area (Å²) in [5.41, 5.74) is 2.30. The van der Waals surface area contributed by atoms with Gasteiger partial charge in [-0.05, 0) is 6.92 Å². The van der Waals surface area contributed by atoms with E-state index in [1.165, 1.54) is 0 Å². The van der Waals surface area contributed by atoms with Crippen LogP contribution in [0.25, 0.3) is 17.5 Å². The van der Waals surface area contributed by atoms with E-state index in [0.717, 1.165) is 17.7 Å². The standard InChI is InChI=1S/C15H15ClN4O3/c1-8(22-2)6-18-14(21)15-19-13(20-23-15)10-7-17-11-5-3-4-9(11)12(10)16/h3-4,7-8H,5-6H2,1-2H3,(H,18,21). The summed E-state index contributed by atoms with van der Waals surface area (Å²) in [7, 11) is 1.57. The topological polar surface area (TPSA) is 90.1 Å². The number of nitrogens with one attached hydrogen (secondary N) is 1. The minimum Gasteiger partial charge on any atom is -0.380 e. The normalized spacial score (nSPS) is 13.9. The third kappa shape index (κ3) is 3.11. The zero-order valence-electron chi connectivity index (χ0n) is 12.7. The molecule has 2 heterocycles. The van der Waals surface area contributed by atoms with Crippen molar-refractivity contribution in [3.8, 4) is 11.4 Å². The molecule has 0 saturated carbocycles. The van der Waals surface area contributed by atoms with Crippen LogP contribution in [0.3, 0.4) is 0 Å². The van der Waals surface area contributed by atoms with Crippen LogP contribution in [-0.4, -0.2) is 40.8 Å². The Bertz CT molecular complexity index is 772. The molecule has 0 spiro atoms. The van der Waals surface area contributed by atoms with E-state index in [4.69, 9.17) is 20.9 Å². The maximum atomic E-state index is 12.0. The highest BCUT2D eigenvalue weighted by molar-refractivity contribution is 6.34. The molecular weight excluding hydrogens is 320 g/mol. The van der Waals surface area contributed by atoms with Gasteiger partial charge in [0.2, 0.25) is 5.82 Å². The van der Waals surface area contributed by atoms with E-state index in [0.29, 0.717) is 17.1 Å². The molecule has 3 rings (SSSR count). The average molecular weight is 335 g/mol. The Balaban J connectivity index is 1.80. The molecule has 120 valence electrons. The second kappa shape index (κ2) is 6.47. The lowest BCUT2D eigenvalue weighted by Gasteiger charge is -2.08. The summed E-state index contributed by atoms with van der Waals surface area (Å²) in [5, 5.41) is 6.97. The predicted octanol–water partition coefficient (Wildman–Crippen LogP) is 2.12. The lowest BCUT2D eigenvalue weighted by molar-refractivity contribution is 0.0832. The van der Waals surface area contributed by atoms with Crippen LogP contribution in [-0.2, 0) is 11.2 Å². The van der Waals surface area contributed by atoms with E-state index in [1.807, 2.05) is 19.1 Å². The average Bonchev–Trinajstić information content (AvgIpc) is 3.21. The number of allylic oxidation sites excluding steroid dienone is 1. The van der Waals surface area contributed by atoms with Crippen molar-refractivity contribution < 1.29 is 14.1 Å². The zero-order chi connectivity index (χ0) is 16.4. The third-order valence-corrected chi connectivity index (χ3v) is 3.95. The van der Waals surface area contributed by atoms with Crippen LogP contribution in [0.15, 0.2) is 16.8 Å². The molecule has 1 unspecified atom stereocenters. The van der Waals surface area contributed by atoms with Gasteiger partial charge in [-0.3, -0.25) is 9.78 Å². The summed E-state index contributed by atoms with van der Waals surface area (Å²) in [5.74, 6) is -0.358. The Kier molecular flexibility index (Phi) is 4.40. The van der Waals surface area contributed by atoms with Crippen LogP contribution >= 0.6 is 11.6 Å². The molecule has 2 aromatic rings. The first-order valence-corrected chi connectivity index (χ1v) is 7.47. The van der Waals surface area contributed by atoms with Crippen LogP contribution in [0.2, 0.25) is 5.02 Å². The quantitative estimate of drug-likeness (QED) is 0.900. The highest BCUT2D eigenvalue weighted by atomic mass is 35.5. The first-order chi connectivity index (χ1) is 11.1. The summed E-state index contributed by atoms with van der Waals surface area (Å²) in [6, 6.07) is 0. The molecule has 0 aromatic carbocycles. The maximum absolute atomic E-state index is 12.0. The maximum Gasteiger partial charge on any atom is 0.316 e. The Hall–Kier alpha value is -2.25. The van der Waals surface area contributed by atoms with Crippen LogP contribution in [0.1, 0.15) is 28.9 Å². The SMILES string of the molecule is COC(C)CNC(=O)c1nc(-c2cnc3c(c2Cl)C=CC3)no1. The number of carbonyl (C=O) groups is 1. The fourth-order valence-electron chi connectivity index (χ4n) is 2.14. The number of amides is 1. The Morgan fingerprint density at radius 1 is 1.57 bits per heavy atom. The molecule has 0 fully saturated rings. The monoisotopic (exact) mass is 334 g/mol. The largest absolute Gasteiger partial charge is 0.380 e. The van der Waals surface area contributed by atoms with Gasteiger partial charge in [-0.15, -0.1) is 0 Å². The molecule has 23 heavy (non-hydrogen) atoms. The number of fused-ring (bicyclic) bond motifs is 1. The lowest BCUT2D eigenvalue weighted by atomic mass is 10.1. The molecule has 0 bridgehead atoms. The van der Waals surface area contributed by atoms with Gasteiger partial charge in [0.05, 0.1) is 22.4 Å². The van der Waals surface area contributed by atoms with Gasteiger partial charge in [0, 0.05) is 31.8 Å². The van der Waals surface area contributed by atoms with Crippen molar-refractivity contribution in [2.75, 3.05) is 13.7 Å². The molecule has 8 heteroatoms. The molecule has 7 nitrogen and oxygen atoms in total. The van der Waals surface area contributed by atoms with Crippen LogP contribution in [0.5, 0.6) is 0 Å². The van der Waals surface area contributed by atoms with Gasteiger partial charge >= 0.3 is 11.8 Å². The van der Waals surface area contributed by atoms with Crippen LogP contribution < -0.4 is 5.32 Å². The third-order valence-electron chi connectivity index (χ3n) is 3.54. The first-order valence-electron chi connectivity index (χ1n) is 7.09. The minimum atomic E-state index is -0.460. The number of rotatable bonds is 5. The van der Waals surface area contributed by atoms with Gasteiger partial charge in [0.15, 0.2) is 0 Å². The smallest absolute Gasteiger partial charge is 0.316 e. The fraction of sp³-hybridized carbons (Fsp3) is 0.333. The van der Waals surface area contributed by atoms with E-state index in [9.17, 15) is 4.79 Å². The Labute approximate surface area is 137 Å². The van der Waals surface area contributed by atoms with Crippen LogP contribution in [0, 0.1) is 0 Å². The van der Waals surface area contributed by atoms with Crippen molar-refractivity contribution in [3.05, 3.63) is 34.4 Å². The van der Waals surface area contributed by atoms with Crippen molar-refractivity contribution in [2.45, 2.75) is 19.4 Å².